The number of nitrogens with zero attached hydrogens (tertiary/aromatic N) is 2. The number of halogens is 1. The number of carbonyl (C=O) groups is 1. The summed E-state index contributed by atoms with van der Waals surface area (Å²) in [7, 11) is 0. The van der Waals surface area contributed by atoms with E-state index in [1.165, 1.54) is 11.3 Å². The monoisotopic (exact) mass is 271 g/mol. The minimum absolute atomic E-state index is 0.0616. The minimum Gasteiger partial charge on any atom is -0.465 e. The van der Waals surface area contributed by atoms with Crippen LogP contribution in [0.3, 0.4) is 0 Å². The molecule has 0 saturated heterocycles. The number of thiophene rings is 1. The van der Waals surface area contributed by atoms with Crippen LogP contribution >= 0.6 is 22.9 Å². The Hall–Kier alpha value is -1.40. The molecule has 2 aromatic rings. The quantitative estimate of drug-likeness (QED) is 0.683. The lowest BCUT2D eigenvalue weighted by molar-refractivity contribution is -0.140. The molecule has 1 N–H and O–H groups in total. The van der Waals surface area contributed by atoms with Gasteiger partial charge < -0.3 is 10.1 Å². The summed E-state index contributed by atoms with van der Waals surface area (Å²) >= 11 is 7.25. The molecule has 0 atom stereocenters. The van der Waals surface area contributed by atoms with Gasteiger partial charge in [-0.3, -0.25) is 4.79 Å². The van der Waals surface area contributed by atoms with Crippen molar-refractivity contribution in [3.63, 3.8) is 0 Å². The number of hydrogen-bond donors (Lipinski definition) is 1. The maximum atomic E-state index is 11.2. The molecule has 0 spiro atoms. The highest BCUT2D eigenvalue weighted by Crippen LogP contribution is 2.26. The van der Waals surface area contributed by atoms with Crippen LogP contribution in [0.15, 0.2) is 11.4 Å². The molecule has 0 saturated carbocycles. The Kier molecular flexibility index (Phi) is 3.75. The average molecular weight is 272 g/mol. The first-order chi connectivity index (χ1) is 8.20. The third kappa shape index (κ3) is 2.83. The van der Waals surface area contributed by atoms with E-state index in [4.69, 9.17) is 16.3 Å². The van der Waals surface area contributed by atoms with E-state index in [1.54, 1.807) is 6.92 Å². The molecule has 2 rings (SSSR count). The summed E-state index contributed by atoms with van der Waals surface area (Å²) in [6.45, 7) is 2.18. The second-order valence-electron chi connectivity index (χ2n) is 3.14. The van der Waals surface area contributed by atoms with Gasteiger partial charge in [0, 0.05) is 0 Å². The molecule has 7 heteroatoms. The van der Waals surface area contributed by atoms with Gasteiger partial charge in [-0.15, -0.1) is 11.3 Å². The number of aromatic nitrogens is 2. The number of ether oxygens (including phenoxy) is 1. The SMILES string of the molecule is CCOC(=O)CNc1nc(Cl)nc2sccc12. The van der Waals surface area contributed by atoms with E-state index in [9.17, 15) is 4.79 Å². The molecule has 0 radical (unpaired) electrons. The van der Waals surface area contributed by atoms with Crippen LogP contribution in [0, 0.1) is 0 Å². The third-order valence-corrected chi connectivity index (χ3v) is 2.98. The summed E-state index contributed by atoms with van der Waals surface area (Å²) in [5.41, 5.74) is 0. The van der Waals surface area contributed by atoms with Gasteiger partial charge in [-0.2, -0.15) is 0 Å². The highest BCUT2D eigenvalue weighted by Gasteiger charge is 2.09. The zero-order valence-electron chi connectivity index (χ0n) is 9.07. The maximum absolute atomic E-state index is 11.2. The number of rotatable bonds is 4. The van der Waals surface area contributed by atoms with Crippen LogP contribution in [0.25, 0.3) is 10.2 Å². The molecule has 90 valence electrons. The summed E-state index contributed by atoms with van der Waals surface area (Å²) in [4.78, 5) is 20.1. The van der Waals surface area contributed by atoms with E-state index in [2.05, 4.69) is 15.3 Å². The van der Waals surface area contributed by atoms with E-state index in [0.717, 1.165) is 10.2 Å². The fraction of sp³-hybridized carbons (Fsp3) is 0.300. The topological polar surface area (TPSA) is 64.1 Å². The van der Waals surface area contributed by atoms with Gasteiger partial charge in [0.15, 0.2) is 0 Å². The highest BCUT2D eigenvalue weighted by atomic mass is 35.5. The van der Waals surface area contributed by atoms with Crippen LogP contribution in [0.5, 0.6) is 0 Å². The smallest absolute Gasteiger partial charge is 0.325 e. The van der Waals surface area contributed by atoms with Crippen molar-refractivity contribution in [2.24, 2.45) is 0 Å². The lowest BCUT2D eigenvalue weighted by atomic mass is 10.4. The number of anilines is 1. The molecule has 0 aliphatic carbocycles. The summed E-state index contributed by atoms with van der Waals surface area (Å²) in [6, 6.07) is 1.88. The predicted octanol–water partition coefficient (Wildman–Crippen LogP) is 2.32. The second-order valence-corrected chi connectivity index (χ2v) is 4.37. The van der Waals surface area contributed by atoms with Gasteiger partial charge in [-0.1, -0.05) is 0 Å². The first kappa shape index (κ1) is 12.1. The Bertz CT molecular complexity index is 543. The first-order valence-electron chi connectivity index (χ1n) is 5.01. The molecule has 0 aliphatic heterocycles. The molecule has 2 aromatic heterocycles. The van der Waals surface area contributed by atoms with Gasteiger partial charge >= 0.3 is 5.97 Å². The van der Waals surface area contributed by atoms with Crippen molar-refractivity contribution >= 4 is 44.9 Å². The fourth-order valence-electron chi connectivity index (χ4n) is 1.33. The van der Waals surface area contributed by atoms with Gasteiger partial charge in [0.1, 0.15) is 17.2 Å². The molecule has 2 heterocycles. The number of hydrogen-bond acceptors (Lipinski definition) is 6. The van der Waals surface area contributed by atoms with E-state index in [1.807, 2.05) is 11.4 Å². The van der Waals surface area contributed by atoms with Gasteiger partial charge in [0.25, 0.3) is 0 Å². The van der Waals surface area contributed by atoms with Crippen LogP contribution < -0.4 is 5.32 Å². The summed E-state index contributed by atoms with van der Waals surface area (Å²) in [5.74, 6) is 0.222. The summed E-state index contributed by atoms with van der Waals surface area (Å²) < 4.78 is 4.81. The minimum atomic E-state index is -0.328. The Balaban J connectivity index is 2.17. The fourth-order valence-corrected chi connectivity index (χ4v) is 2.32. The maximum Gasteiger partial charge on any atom is 0.325 e. The Morgan fingerprint density at radius 2 is 2.41 bits per heavy atom. The summed E-state index contributed by atoms with van der Waals surface area (Å²) in [6.07, 6.45) is 0. The zero-order chi connectivity index (χ0) is 12.3. The summed E-state index contributed by atoms with van der Waals surface area (Å²) in [5, 5.41) is 5.80. The van der Waals surface area contributed by atoms with Crippen molar-refractivity contribution in [2.45, 2.75) is 6.92 Å². The van der Waals surface area contributed by atoms with Crippen molar-refractivity contribution in [3.8, 4) is 0 Å². The van der Waals surface area contributed by atoms with Crippen LogP contribution in [0.2, 0.25) is 5.28 Å². The van der Waals surface area contributed by atoms with E-state index < -0.39 is 0 Å². The molecule has 17 heavy (non-hydrogen) atoms. The number of fused-ring (bicyclic) bond motifs is 1. The van der Waals surface area contributed by atoms with Crippen LogP contribution in [0.4, 0.5) is 5.82 Å². The Morgan fingerprint density at radius 3 is 3.18 bits per heavy atom. The zero-order valence-corrected chi connectivity index (χ0v) is 10.6. The van der Waals surface area contributed by atoms with Gasteiger partial charge in [-0.25, -0.2) is 9.97 Å². The van der Waals surface area contributed by atoms with Crippen LogP contribution in [0.1, 0.15) is 6.92 Å². The molecule has 0 aliphatic rings. The highest BCUT2D eigenvalue weighted by molar-refractivity contribution is 7.16. The molecule has 0 fully saturated rings. The van der Waals surface area contributed by atoms with Crippen molar-refractivity contribution < 1.29 is 9.53 Å². The molecular formula is C10H10ClN3O2S. The lowest BCUT2D eigenvalue weighted by Crippen LogP contribution is -2.17. The van der Waals surface area contributed by atoms with Gasteiger partial charge in [-0.05, 0) is 30.0 Å². The van der Waals surface area contributed by atoms with Crippen molar-refractivity contribution in [1.29, 1.82) is 0 Å². The molecule has 0 amide bonds. The Morgan fingerprint density at radius 1 is 1.59 bits per heavy atom. The molecule has 0 aromatic carbocycles. The predicted molar refractivity (Wildman–Crippen MR) is 67.5 cm³/mol. The molecule has 0 unspecified atom stereocenters. The standard InChI is InChI=1S/C10H10ClN3O2S/c1-2-16-7(15)5-12-8-6-3-4-17-9(6)14-10(11)13-8/h3-4H,2,5H2,1H3,(H,12,13,14). The lowest BCUT2D eigenvalue weighted by Gasteiger charge is -2.06. The van der Waals surface area contributed by atoms with Gasteiger partial charge in [0.2, 0.25) is 5.28 Å². The molecule has 0 bridgehead atoms. The third-order valence-electron chi connectivity index (χ3n) is 2.00. The van der Waals surface area contributed by atoms with Crippen molar-refractivity contribution in [3.05, 3.63) is 16.7 Å². The van der Waals surface area contributed by atoms with Crippen LogP contribution in [-0.2, 0) is 9.53 Å². The van der Waals surface area contributed by atoms with E-state index in [0.29, 0.717) is 12.4 Å². The van der Waals surface area contributed by atoms with Gasteiger partial charge in [0.05, 0.1) is 12.0 Å². The Labute approximate surface area is 107 Å². The first-order valence-corrected chi connectivity index (χ1v) is 6.26. The van der Waals surface area contributed by atoms with E-state index >= 15 is 0 Å². The number of nitrogens with one attached hydrogen (secondary N) is 1. The average Bonchev–Trinajstić information content (AvgIpc) is 2.74. The molecular weight excluding hydrogens is 262 g/mol. The van der Waals surface area contributed by atoms with E-state index in [-0.39, 0.29) is 17.8 Å². The number of carbonyl (C=O) groups excluding carboxylic acids is 1. The largest absolute Gasteiger partial charge is 0.465 e. The number of esters is 1. The molecule has 5 nitrogen and oxygen atoms in total. The van der Waals surface area contributed by atoms with Crippen molar-refractivity contribution in [2.75, 3.05) is 18.5 Å². The van der Waals surface area contributed by atoms with Crippen molar-refractivity contribution in [1.82, 2.24) is 9.97 Å². The normalized spacial score (nSPS) is 10.5. The van der Waals surface area contributed by atoms with Crippen LogP contribution in [-0.4, -0.2) is 29.1 Å². The second kappa shape index (κ2) is 5.29.